The van der Waals surface area contributed by atoms with E-state index in [9.17, 15) is 4.79 Å². The predicted octanol–water partition coefficient (Wildman–Crippen LogP) is 1.82. The van der Waals surface area contributed by atoms with E-state index < -0.39 is 5.92 Å². The average Bonchev–Trinajstić information content (AvgIpc) is 2.53. The van der Waals surface area contributed by atoms with Crippen molar-refractivity contribution < 1.29 is 9.53 Å². The number of nitrogens with zero attached hydrogens (tertiary/aromatic N) is 1. The van der Waals surface area contributed by atoms with E-state index >= 15 is 0 Å². The van der Waals surface area contributed by atoms with Gasteiger partial charge in [-0.15, -0.1) is 0 Å². The summed E-state index contributed by atoms with van der Waals surface area (Å²) in [5.74, 6) is -0.316. The molecule has 0 saturated heterocycles. The van der Waals surface area contributed by atoms with Gasteiger partial charge >= 0.3 is 0 Å². The van der Waals surface area contributed by atoms with E-state index in [1.165, 1.54) is 0 Å². The first-order valence-electron chi connectivity index (χ1n) is 6.92. The molecule has 0 aromatic heterocycles. The highest BCUT2D eigenvalue weighted by molar-refractivity contribution is 5.95. The van der Waals surface area contributed by atoms with Crippen LogP contribution in [0.4, 0.5) is 0 Å². The zero-order valence-electron chi connectivity index (χ0n) is 12.4. The lowest BCUT2D eigenvalue weighted by Gasteiger charge is -2.16. The molecule has 114 valence electrons. The Balaban J connectivity index is 2.37. The van der Waals surface area contributed by atoms with Crippen LogP contribution in [0.3, 0.4) is 0 Å². The lowest BCUT2D eigenvalue weighted by Crippen LogP contribution is -2.26. The van der Waals surface area contributed by atoms with Gasteiger partial charge in [0, 0.05) is 0 Å². The number of benzene rings is 2. The summed E-state index contributed by atoms with van der Waals surface area (Å²) in [5.41, 5.74) is 12.5. The topological polar surface area (TPSA) is 90.7 Å². The summed E-state index contributed by atoms with van der Waals surface area (Å²) in [6.45, 7) is 0. The van der Waals surface area contributed by atoms with E-state index in [0.717, 1.165) is 16.9 Å². The highest BCUT2D eigenvalue weighted by Gasteiger charge is 2.22. The lowest BCUT2D eigenvalue weighted by molar-refractivity contribution is -0.119. The van der Waals surface area contributed by atoms with Gasteiger partial charge in [0.05, 0.1) is 13.0 Å². The number of para-hydroxylation sites is 1. The number of carbonyl (C=O) groups is 1. The molecule has 0 radical (unpaired) electrons. The van der Waals surface area contributed by atoms with Crippen molar-refractivity contribution in [1.82, 2.24) is 0 Å². The molecule has 0 fully saturated rings. The maximum Gasteiger partial charge on any atom is 0.256 e. The number of rotatable bonds is 5. The maximum absolute atomic E-state index is 12.4. The molecule has 4 N–H and O–H groups in total. The average molecular weight is 297 g/mol. The van der Waals surface area contributed by atoms with Gasteiger partial charge in [0.2, 0.25) is 0 Å². The van der Waals surface area contributed by atoms with Crippen molar-refractivity contribution in [2.24, 2.45) is 16.5 Å². The highest BCUT2D eigenvalue weighted by atomic mass is 16.5. The van der Waals surface area contributed by atoms with E-state index in [0.29, 0.717) is 6.42 Å². The molecule has 0 aliphatic carbocycles. The molecule has 22 heavy (non-hydrogen) atoms. The number of aliphatic imine (C=N–C) groups is 1. The first-order valence-corrected chi connectivity index (χ1v) is 6.92. The molecule has 5 heteroatoms. The minimum Gasteiger partial charge on any atom is -0.496 e. The molecular formula is C17H19N3O2. The molecule has 0 spiro atoms. The summed E-state index contributed by atoms with van der Waals surface area (Å²) in [7, 11) is 1.61. The second-order valence-electron chi connectivity index (χ2n) is 4.85. The molecular weight excluding hydrogens is 278 g/mol. The normalized spacial score (nSPS) is 11.5. The fraction of sp³-hybridized carbons (Fsp3) is 0.176. The largest absolute Gasteiger partial charge is 0.496 e. The standard InChI is InChI=1S/C17H19N3O2/c1-22-15-10-6-5-9-13(15)11-14(16(21)20-17(18)19)12-7-3-2-4-8-12/h2-10,14H,11H2,1H3,(H4,18,19,20,21)/t14-/m1/s1. The van der Waals surface area contributed by atoms with Crippen molar-refractivity contribution in [2.45, 2.75) is 12.3 Å². The second kappa shape index (κ2) is 7.26. The van der Waals surface area contributed by atoms with Crippen LogP contribution < -0.4 is 16.2 Å². The molecule has 2 aromatic carbocycles. The van der Waals surface area contributed by atoms with Gasteiger partial charge < -0.3 is 16.2 Å². The number of methoxy groups -OCH3 is 1. The first kappa shape index (κ1) is 15.6. The fourth-order valence-corrected chi connectivity index (χ4v) is 2.33. The number of nitrogens with two attached hydrogens (primary N) is 2. The minimum absolute atomic E-state index is 0.231. The van der Waals surface area contributed by atoms with Gasteiger partial charge in [0.25, 0.3) is 5.91 Å². The minimum atomic E-state index is -0.459. The number of guanidine groups is 1. The van der Waals surface area contributed by atoms with Gasteiger partial charge in [-0.2, -0.15) is 4.99 Å². The molecule has 2 aromatic rings. The van der Waals surface area contributed by atoms with Crippen molar-refractivity contribution >= 4 is 11.9 Å². The van der Waals surface area contributed by atoms with E-state index in [4.69, 9.17) is 16.2 Å². The third-order valence-electron chi connectivity index (χ3n) is 3.36. The maximum atomic E-state index is 12.4. The summed E-state index contributed by atoms with van der Waals surface area (Å²) in [4.78, 5) is 16.1. The molecule has 0 saturated carbocycles. The molecule has 1 amide bonds. The monoisotopic (exact) mass is 297 g/mol. The molecule has 0 bridgehead atoms. The van der Waals surface area contributed by atoms with Gasteiger partial charge in [0.15, 0.2) is 5.96 Å². The fourth-order valence-electron chi connectivity index (χ4n) is 2.33. The SMILES string of the molecule is COc1ccccc1C[C@@H](C(=O)N=C(N)N)c1ccccc1. The van der Waals surface area contributed by atoms with E-state index in [1.54, 1.807) is 7.11 Å². The van der Waals surface area contributed by atoms with Crippen LogP contribution in [0.25, 0.3) is 0 Å². The van der Waals surface area contributed by atoms with Crippen LogP contribution in [-0.2, 0) is 11.2 Å². The van der Waals surface area contributed by atoms with Gasteiger partial charge in [-0.05, 0) is 23.6 Å². The Morgan fingerprint density at radius 2 is 1.73 bits per heavy atom. The summed E-state index contributed by atoms with van der Waals surface area (Å²) in [6.07, 6.45) is 0.462. The highest BCUT2D eigenvalue weighted by Crippen LogP contribution is 2.27. The Morgan fingerprint density at radius 3 is 2.36 bits per heavy atom. The van der Waals surface area contributed by atoms with Crippen LogP contribution in [-0.4, -0.2) is 19.0 Å². The van der Waals surface area contributed by atoms with Gasteiger partial charge in [-0.1, -0.05) is 48.5 Å². The Bertz CT molecular complexity index is 665. The van der Waals surface area contributed by atoms with Gasteiger partial charge in [0.1, 0.15) is 5.75 Å². The van der Waals surface area contributed by atoms with Gasteiger partial charge in [-0.25, -0.2) is 0 Å². The van der Waals surface area contributed by atoms with Crippen LogP contribution in [0.5, 0.6) is 5.75 Å². The third-order valence-corrected chi connectivity index (χ3v) is 3.36. The Kier molecular flexibility index (Phi) is 5.14. The van der Waals surface area contributed by atoms with E-state index in [2.05, 4.69) is 4.99 Å². The number of hydrogen-bond donors (Lipinski definition) is 2. The van der Waals surface area contributed by atoms with Crippen LogP contribution in [0.2, 0.25) is 0 Å². The zero-order chi connectivity index (χ0) is 15.9. The molecule has 1 atom stereocenters. The van der Waals surface area contributed by atoms with Crippen LogP contribution in [0.15, 0.2) is 59.6 Å². The predicted molar refractivity (Wildman–Crippen MR) is 86.7 cm³/mol. The Hall–Kier alpha value is -2.82. The Morgan fingerprint density at radius 1 is 1.09 bits per heavy atom. The van der Waals surface area contributed by atoms with Crippen molar-refractivity contribution in [3.63, 3.8) is 0 Å². The number of amides is 1. The van der Waals surface area contributed by atoms with Crippen LogP contribution in [0, 0.1) is 0 Å². The van der Waals surface area contributed by atoms with Crippen LogP contribution >= 0.6 is 0 Å². The van der Waals surface area contributed by atoms with E-state index in [-0.39, 0.29) is 11.9 Å². The Labute approximate surface area is 129 Å². The number of hydrogen-bond acceptors (Lipinski definition) is 2. The van der Waals surface area contributed by atoms with Crippen LogP contribution in [0.1, 0.15) is 17.0 Å². The molecule has 5 nitrogen and oxygen atoms in total. The zero-order valence-corrected chi connectivity index (χ0v) is 12.4. The summed E-state index contributed by atoms with van der Waals surface area (Å²) in [6, 6.07) is 17.0. The number of ether oxygens (including phenoxy) is 1. The summed E-state index contributed by atoms with van der Waals surface area (Å²) >= 11 is 0. The van der Waals surface area contributed by atoms with Crippen molar-refractivity contribution in [3.8, 4) is 5.75 Å². The first-order chi connectivity index (χ1) is 10.6. The van der Waals surface area contributed by atoms with Gasteiger partial charge in [-0.3, -0.25) is 4.79 Å². The summed E-state index contributed by atoms with van der Waals surface area (Å²) < 4.78 is 5.35. The molecule has 0 heterocycles. The number of carbonyl (C=O) groups excluding carboxylic acids is 1. The van der Waals surface area contributed by atoms with Crippen molar-refractivity contribution in [1.29, 1.82) is 0 Å². The molecule has 0 aliphatic heterocycles. The van der Waals surface area contributed by atoms with Crippen molar-refractivity contribution in [3.05, 3.63) is 65.7 Å². The molecule has 0 unspecified atom stereocenters. The molecule has 0 aliphatic rings. The second-order valence-corrected chi connectivity index (χ2v) is 4.85. The lowest BCUT2D eigenvalue weighted by atomic mass is 9.91. The van der Waals surface area contributed by atoms with Crippen molar-refractivity contribution in [2.75, 3.05) is 7.11 Å². The van der Waals surface area contributed by atoms with E-state index in [1.807, 2.05) is 54.6 Å². The molecule has 2 rings (SSSR count). The third kappa shape index (κ3) is 3.85. The summed E-state index contributed by atoms with van der Waals surface area (Å²) in [5, 5.41) is 0. The quantitative estimate of drug-likeness (QED) is 0.650. The smallest absolute Gasteiger partial charge is 0.256 e.